The molecule has 1 amide bonds. The van der Waals surface area contributed by atoms with Gasteiger partial charge < -0.3 is 14.4 Å². The molecule has 2 saturated heterocycles. The van der Waals surface area contributed by atoms with Crippen molar-refractivity contribution < 1.29 is 14.3 Å². The highest BCUT2D eigenvalue weighted by Crippen LogP contribution is 2.12. The molecule has 0 aliphatic carbocycles. The van der Waals surface area contributed by atoms with Crippen molar-refractivity contribution in [3.05, 3.63) is 0 Å². The van der Waals surface area contributed by atoms with Crippen LogP contribution in [0.15, 0.2) is 0 Å². The fraction of sp³-hybridized carbons (Fsp3) is 0.933. The molecule has 5 heteroatoms. The lowest BCUT2D eigenvalue weighted by Gasteiger charge is -2.37. The van der Waals surface area contributed by atoms with E-state index >= 15 is 0 Å². The van der Waals surface area contributed by atoms with Crippen LogP contribution >= 0.6 is 0 Å². The highest BCUT2D eigenvalue weighted by atomic mass is 16.5. The Labute approximate surface area is 122 Å². The van der Waals surface area contributed by atoms with Crippen LogP contribution in [-0.2, 0) is 14.3 Å². The van der Waals surface area contributed by atoms with Crippen LogP contribution < -0.4 is 0 Å². The summed E-state index contributed by atoms with van der Waals surface area (Å²) in [7, 11) is 0. The zero-order chi connectivity index (χ0) is 14.4. The molecule has 1 unspecified atom stereocenters. The van der Waals surface area contributed by atoms with Crippen molar-refractivity contribution in [1.82, 2.24) is 9.80 Å². The lowest BCUT2D eigenvalue weighted by molar-refractivity contribution is -0.134. The van der Waals surface area contributed by atoms with Crippen LogP contribution in [0.3, 0.4) is 0 Å². The number of ether oxygens (including phenoxy) is 2. The van der Waals surface area contributed by atoms with Gasteiger partial charge in [-0.1, -0.05) is 0 Å². The van der Waals surface area contributed by atoms with E-state index in [-0.39, 0.29) is 12.0 Å². The second-order valence-corrected chi connectivity index (χ2v) is 5.97. The third kappa shape index (κ3) is 4.72. The zero-order valence-electron chi connectivity index (χ0n) is 12.8. The predicted octanol–water partition coefficient (Wildman–Crippen LogP) is 1.12. The van der Waals surface area contributed by atoms with Crippen molar-refractivity contribution in [1.29, 1.82) is 0 Å². The Bertz CT molecular complexity index is 295. The Balaban J connectivity index is 1.56. The molecule has 2 heterocycles. The minimum Gasteiger partial charge on any atom is -0.378 e. The van der Waals surface area contributed by atoms with Gasteiger partial charge in [-0.15, -0.1) is 0 Å². The first-order valence-electron chi connectivity index (χ1n) is 7.88. The molecule has 2 aliphatic rings. The first-order valence-corrected chi connectivity index (χ1v) is 7.88. The van der Waals surface area contributed by atoms with E-state index in [1.54, 1.807) is 0 Å². The third-order valence-electron chi connectivity index (χ3n) is 4.19. The molecule has 0 N–H and O–H groups in total. The van der Waals surface area contributed by atoms with Crippen molar-refractivity contribution >= 4 is 5.91 Å². The monoisotopic (exact) mass is 284 g/mol. The molecule has 0 aromatic heterocycles. The van der Waals surface area contributed by atoms with Gasteiger partial charge in [0.2, 0.25) is 5.91 Å². The molecular weight excluding hydrogens is 256 g/mol. The van der Waals surface area contributed by atoms with Gasteiger partial charge in [0, 0.05) is 38.8 Å². The molecule has 2 rings (SSSR count). The molecule has 0 aromatic carbocycles. The number of hydrogen-bond donors (Lipinski definition) is 0. The minimum atomic E-state index is 0.223. The molecule has 2 fully saturated rings. The van der Waals surface area contributed by atoms with E-state index in [9.17, 15) is 4.79 Å². The van der Waals surface area contributed by atoms with Gasteiger partial charge in [0.1, 0.15) is 0 Å². The Hall–Kier alpha value is -0.650. The Morgan fingerprint density at radius 3 is 2.65 bits per heavy atom. The molecule has 0 spiro atoms. The quantitative estimate of drug-likeness (QED) is 0.686. The summed E-state index contributed by atoms with van der Waals surface area (Å²) in [5, 5.41) is 0. The van der Waals surface area contributed by atoms with Crippen molar-refractivity contribution in [2.24, 2.45) is 0 Å². The zero-order valence-corrected chi connectivity index (χ0v) is 12.8. The van der Waals surface area contributed by atoms with Crippen molar-refractivity contribution in [2.45, 2.75) is 45.3 Å². The van der Waals surface area contributed by atoms with Crippen molar-refractivity contribution in [3.8, 4) is 0 Å². The number of carbonyl (C=O) groups excluding carboxylic acids is 1. The molecule has 0 bridgehead atoms. The van der Waals surface area contributed by atoms with Gasteiger partial charge in [-0.3, -0.25) is 9.69 Å². The highest BCUT2D eigenvalue weighted by Gasteiger charge is 2.22. The molecular formula is C15H28N2O3. The summed E-state index contributed by atoms with van der Waals surface area (Å²) < 4.78 is 11.0. The van der Waals surface area contributed by atoms with Gasteiger partial charge in [-0.05, 0) is 26.7 Å². The molecule has 0 aromatic rings. The van der Waals surface area contributed by atoms with Crippen molar-refractivity contribution in [2.75, 3.05) is 46.0 Å². The summed E-state index contributed by atoms with van der Waals surface area (Å²) in [6, 6.07) is 0.571. The van der Waals surface area contributed by atoms with Crippen LogP contribution in [0, 0.1) is 0 Å². The normalized spacial score (nSPS) is 24.6. The number of piperazine rings is 1. The van der Waals surface area contributed by atoms with Crippen LogP contribution in [0.2, 0.25) is 0 Å². The van der Waals surface area contributed by atoms with Gasteiger partial charge in [0.15, 0.2) is 0 Å². The van der Waals surface area contributed by atoms with E-state index in [1.807, 2.05) is 4.90 Å². The minimum absolute atomic E-state index is 0.223. The van der Waals surface area contributed by atoms with Gasteiger partial charge in [0.05, 0.1) is 25.7 Å². The number of nitrogens with zero attached hydrogens (tertiary/aromatic N) is 2. The van der Waals surface area contributed by atoms with E-state index in [0.29, 0.717) is 25.7 Å². The molecule has 116 valence electrons. The molecule has 1 atom stereocenters. The lowest BCUT2D eigenvalue weighted by Crippen LogP contribution is -2.50. The molecule has 0 saturated carbocycles. The van der Waals surface area contributed by atoms with Gasteiger partial charge in [0.25, 0.3) is 0 Å². The summed E-state index contributed by atoms with van der Waals surface area (Å²) in [6.45, 7) is 10.1. The predicted molar refractivity (Wildman–Crippen MR) is 77.7 cm³/mol. The highest BCUT2D eigenvalue weighted by molar-refractivity contribution is 5.76. The second kappa shape index (κ2) is 7.96. The number of amides is 1. The maximum absolute atomic E-state index is 12.1. The van der Waals surface area contributed by atoms with Crippen LogP contribution in [0.4, 0.5) is 0 Å². The first kappa shape index (κ1) is 15.7. The van der Waals surface area contributed by atoms with Gasteiger partial charge in [-0.2, -0.15) is 0 Å². The second-order valence-electron chi connectivity index (χ2n) is 5.97. The number of rotatable bonds is 6. The van der Waals surface area contributed by atoms with Crippen LogP contribution in [-0.4, -0.2) is 73.9 Å². The summed E-state index contributed by atoms with van der Waals surface area (Å²) in [6.07, 6.45) is 2.96. The standard InChI is InChI=1S/C15H28N2O3/c1-13(2)16-6-8-17(9-7-16)15(18)5-11-19-12-14-4-3-10-20-14/h13-14H,3-12H2,1-2H3. The lowest BCUT2D eigenvalue weighted by atomic mass is 10.2. The fourth-order valence-electron chi connectivity index (χ4n) is 2.80. The maximum atomic E-state index is 12.1. The van der Waals surface area contributed by atoms with E-state index in [4.69, 9.17) is 9.47 Å². The van der Waals surface area contributed by atoms with Crippen molar-refractivity contribution in [3.63, 3.8) is 0 Å². The fourth-order valence-corrected chi connectivity index (χ4v) is 2.80. The Morgan fingerprint density at radius 2 is 2.05 bits per heavy atom. The van der Waals surface area contributed by atoms with Gasteiger partial charge >= 0.3 is 0 Å². The molecule has 0 radical (unpaired) electrons. The average molecular weight is 284 g/mol. The smallest absolute Gasteiger partial charge is 0.224 e. The number of hydrogen-bond acceptors (Lipinski definition) is 4. The van der Waals surface area contributed by atoms with Gasteiger partial charge in [-0.25, -0.2) is 0 Å². The van der Waals surface area contributed by atoms with E-state index < -0.39 is 0 Å². The summed E-state index contributed by atoms with van der Waals surface area (Å²) in [4.78, 5) is 16.4. The summed E-state index contributed by atoms with van der Waals surface area (Å²) in [5.41, 5.74) is 0. The molecule has 20 heavy (non-hydrogen) atoms. The third-order valence-corrected chi connectivity index (χ3v) is 4.19. The summed E-state index contributed by atoms with van der Waals surface area (Å²) >= 11 is 0. The van der Waals surface area contributed by atoms with E-state index in [2.05, 4.69) is 18.7 Å². The SMILES string of the molecule is CC(C)N1CCN(C(=O)CCOCC2CCCO2)CC1. The maximum Gasteiger partial charge on any atom is 0.224 e. The molecule has 2 aliphatic heterocycles. The molecule has 5 nitrogen and oxygen atoms in total. The Morgan fingerprint density at radius 1 is 1.30 bits per heavy atom. The Kier molecular flexibility index (Phi) is 6.26. The average Bonchev–Trinajstić information content (AvgIpc) is 2.96. The number of carbonyl (C=O) groups is 1. The van der Waals surface area contributed by atoms with E-state index in [1.165, 1.54) is 0 Å². The van der Waals surface area contributed by atoms with E-state index in [0.717, 1.165) is 45.6 Å². The largest absolute Gasteiger partial charge is 0.378 e. The summed E-state index contributed by atoms with van der Waals surface area (Å²) in [5.74, 6) is 0.223. The van der Waals surface area contributed by atoms with Crippen LogP contribution in [0.5, 0.6) is 0 Å². The topological polar surface area (TPSA) is 42.0 Å². The van der Waals surface area contributed by atoms with Crippen LogP contribution in [0.25, 0.3) is 0 Å². The first-order chi connectivity index (χ1) is 9.66. The van der Waals surface area contributed by atoms with Crippen LogP contribution in [0.1, 0.15) is 33.1 Å².